The van der Waals surface area contributed by atoms with Gasteiger partial charge in [0.15, 0.2) is 0 Å². The zero-order chi connectivity index (χ0) is 13.8. The molecule has 1 heterocycles. The fourth-order valence-corrected chi connectivity index (χ4v) is 2.71. The Morgan fingerprint density at radius 3 is 2.42 bits per heavy atom. The molecule has 0 saturated carbocycles. The predicted octanol–water partition coefficient (Wildman–Crippen LogP) is 4.24. The van der Waals surface area contributed by atoms with Gasteiger partial charge in [0.1, 0.15) is 0 Å². The SMILES string of the molecule is CCc1ccc(/C(=C/c2sccc2C)C(=O)O)cc1. The Hall–Kier alpha value is -1.87. The van der Waals surface area contributed by atoms with Gasteiger partial charge in [0.2, 0.25) is 0 Å². The van der Waals surface area contributed by atoms with Gasteiger partial charge in [-0.3, -0.25) is 0 Å². The van der Waals surface area contributed by atoms with E-state index < -0.39 is 5.97 Å². The molecule has 0 atom stereocenters. The minimum Gasteiger partial charge on any atom is -0.478 e. The number of hydrogen-bond acceptors (Lipinski definition) is 2. The Kier molecular flexibility index (Phi) is 4.17. The molecule has 0 fully saturated rings. The quantitative estimate of drug-likeness (QED) is 0.845. The lowest BCUT2D eigenvalue weighted by Crippen LogP contribution is -1.99. The maximum Gasteiger partial charge on any atom is 0.336 e. The highest BCUT2D eigenvalue weighted by Gasteiger charge is 2.11. The number of thiophene rings is 1. The Morgan fingerprint density at radius 1 is 1.26 bits per heavy atom. The van der Waals surface area contributed by atoms with Crippen LogP contribution >= 0.6 is 11.3 Å². The third-order valence-corrected chi connectivity index (χ3v) is 4.05. The first kappa shape index (κ1) is 13.6. The Labute approximate surface area is 117 Å². The lowest BCUT2D eigenvalue weighted by molar-refractivity contribution is -0.130. The summed E-state index contributed by atoms with van der Waals surface area (Å²) in [4.78, 5) is 12.4. The van der Waals surface area contributed by atoms with Gasteiger partial charge in [-0.15, -0.1) is 11.3 Å². The second-order valence-electron chi connectivity index (χ2n) is 4.38. The van der Waals surface area contributed by atoms with Crippen LogP contribution in [0.5, 0.6) is 0 Å². The van der Waals surface area contributed by atoms with Crippen molar-refractivity contribution in [2.75, 3.05) is 0 Å². The predicted molar refractivity (Wildman–Crippen MR) is 80.4 cm³/mol. The summed E-state index contributed by atoms with van der Waals surface area (Å²) in [5.74, 6) is -0.892. The molecule has 0 spiro atoms. The van der Waals surface area contributed by atoms with Crippen LogP contribution in [0.3, 0.4) is 0 Å². The van der Waals surface area contributed by atoms with Crippen LogP contribution in [0.25, 0.3) is 11.6 Å². The standard InChI is InChI=1S/C16H16O2S/c1-3-12-4-6-13(7-5-12)14(16(17)18)10-15-11(2)8-9-19-15/h4-10H,3H2,1-2H3,(H,17,18)/b14-10-. The smallest absolute Gasteiger partial charge is 0.336 e. The molecule has 0 radical (unpaired) electrons. The fourth-order valence-electron chi connectivity index (χ4n) is 1.85. The van der Waals surface area contributed by atoms with E-state index in [1.165, 1.54) is 5.56 Å². The van der Waals surface area contributed by atoms with Crippen molar-refractivity contribution in [3.63, 3.8) is 0 Å². The van der Waals surface area contributed by atoms with E-state index in [2.05, 4.69) is 6.92 Å². The molecule has 98 valence electrons. The van der Waals surface area contributed by atoms with Gasteiger partial charge in [-0.25, -0.2) is 4.79 Å². The molecule has 0 unspecified atom stereocenters. The van der Waals surface area contributed by atoms with Gasteiger partial charge in [0.25, 0.3) is 0 Å². The van der Waals surface area contributed by atoms with Gasteiger partial charge in [-0.2, -0.15) is 0 Å². The Balaban J connectivity index is 2.43. The minimum atomic E-state index is -0.892. The van der Waals surface area contributed by atoms with Crippen molar-refractivity contribution >= 4 is 29.0 Å². The second-order valence-corrected chi connectivity index (χ2v) is 5.33. The summed E-state index contributed by atoms with van der Waals surface area (Å²) in [6, 6.07) is 9.71. The molecule has 0 aliphatic heterocycles. The summed E-state index contributed by atoms with van der Waals surface area (Å²) in [5.41, 5.74) is 3.40. The van der Waals surface area contributed by atoms with E-state index in [9.17, 15) is 9.90 Å². The van der Waals surface area contributed by atoms with E-state index in [1.807, 2.05) is 42.6 Å². The summed E-state index contributed by atoms with van der Waals surface area (Å²) in [7, 11) is 0. The molecular formula is C16H16O2S. The van der Waals surface area contributed by atoms with Crippen LogP contribution in [0.2, 0.25) is 0 Å². The van der Waals surface area contributed by atoms with E-state index in [0.717, 1.165) is 22.4 Å². The van der Waals surface area contributed by atoms with Gasteiger partial charge in [0, 0.05) is 4.88 Å². The van der Waals surface area contributed by atoms with Gasteiger partial charge in [0.05, 0.1) is 5.57 Å². The molecule has 1 N–H and O–H groups in total. The Morgan fingerprint density at radius 2 is 1.95 bits per heavy atom. The Bertz CT molecular complexity index is 606. The molecule has 19 heavy (non-hydrogen) atoms. The van der Waals surface area contributed by atoms with Crippen molar-refractivity contribution in [1.82, 2.24) is 0 Å². The van der Waals surface area contributed by atoms with Crippen molar-refractivity contribution in [1.29, 1.82) is 0 Å². The molecular weight excluding hydrogens is 256 g/mol. The average molecular weight is 272 g/mol. The molecule has 0 bridgehead atoms. The zero-order valence-corrected chi connectivity index (χ0v) is 11.8. The molecule has 0 aliphatic rings. The van der Waals surface area contributed by atoms with E-state index in [1.54, 1.807) is 17.4 Å². The lowest BCUT2D eigenvalue weighted by atomic mass is 10.0. The third-order valence-electron chi connectivity index (χ3n) is 3.08. The highest BCUT2D eigenvalue weighted by Crippen LogP contribution is 2.24. The van der Waals surface area contributed by atoms with Gasteiger partial charge >= 0.3 is 5.97 Å². The highest BCUT2D eigenvalue weighted by molar-refractivity contribution is 7.11. The van der Waals surface area contributed by atoms with E-state index >= 15 is 0 Å². The normalized spacial score (nSPS) is 11.6. The van der Waals surface area contributed by atoms with Crippen molar-refractivity contribution < 1.29 is 9.90 Å². The fraction of sp³-hybridized carbons (Fsp3) is 0.188. The molecule has 3 heteroatoms. The first-order valence-corrected chi connectivity index (χ1v) is 7.08. The second kappa shape index (κ2) is 5.85. The largest absolute Gasteiger partial charge is 0.478 e. The number of carboxylic acid groups (broad SMARTS) is 1. The number of benzene rings is 1. The van der Waals surface area contributed by atoms with Crippen LogP contribution in [0.4, 0.5) is 0 Å². The monoisotopic (exact) mass is 272 g/mol. The molecule has 0 amide bonds. The topological polar surface area (TPSA) is 37.3 Å². The maximum absolute atomic E-state index is 11.4. The summed E-state index contributed by atoms with van der Waals surface area (Å²) >= 11 is 1.56. The molecule has 1 aromatic carbocycles. The van der Waals surface area contributed by atoms with Crippen LogP contribution in [0.1, 0.15) is 28.5 Å². The average Bonchev–Trinajstić information content (AvgIpc) is 2.81. The summed E-state index contributed by atoms with van der Waals surface area (Å²) in [6.07, 6.45) is 2.71. The number of hydrogen-bond donors (Lipinski definition) is 1. The van der Waals surface area contributed by atoms with Crippen LogP contribution in [-0.2, 0) is 11.2 Å². The minimum absolute atomic E-state index is 0.341. The molecule has 2 rings (SSSR count). The molecule has 0 saturated heterocycles. The molecule has 2 nitrogen and oxygen atoms in total. The summed E-state index contributed by atoms with van der Waals surface area (Å²) in [5, 5.41) is 11.4. The van der Waals surface area contributed by atoms with Crippen LogP contribution in [-0.4, -0.2) is 11.1 Å². The first-order chi connectivity index (χ1) is 9.11. The van der Waals surface area contributed by atoms with Gasteiger partial charge in [-0.1, -0.05) is 31.2 Å². The van der Waals surface area contributed by atoms with Crippen LogP contribution in [0.15, 0.2) is 35.7 Å². The van der Waals surface area contributed by atoms with Crippen molar-refractivity contribution in [2.45, 2.75) is 20.3 Å². The van der Waals surface area contributed by atoms with Crippen LogP contribution in [0, 0.1) is 6.92 Å². The molecule has 1 aromatic heterocycles. The van der Waals surface area contributed by atoms with Crippen molar-refractivity contribution in [3.05, 3.63) is 57.3 Å². The molecule has 0 aliphatic carbocycles. The van der Waals surface area contributed by atoms with Gasteiger partial charge in [-0.05, 0) is 47.6 Å². The van der Waals surface area contributed by atoms with Gasteiger partial charge < -0.3 is 5.11 Å². The highest BCUT2D eigenvalue weighted by atomic mass is 32.1. The number of carboxylic acids is 1. The van der Waals surface area contributed by atoms with Crippen LogP contribution < -0.4 is 0 Å². The third kappa shape index (κ3) is 3.12. The summed E-state index contributed by atoms with van der Waals surface area (Å²) in [6.45, 7) is 4.07. The van der Waals surface area contributed by atoms with E-state index in [4.69, 9.17) is 0 Å². The lowest BCUT2D eigenvalue weighted by Gasteiger charge is -2.04. The van der Waals surface area contributed by atoms with E-state index in [-0.39, 0.29) is 0 Å². The molecule has 2 aromatic rings. The number of aryl methyl sites for hydroxylation is 2. The number of carbonyl (C=O) groups is 1. The van der Waals surface area contributed by atoms with E-state index in [0.29, 0.717) is 5.57 Å². The number of aliphatic carboxylic acids is 1. The number of rotatable bonds is 4. The first-order valence-electron chi connectivity index (χ1n) is 6.20. The van der Waals surface area contributed by atoms with Crippen molar-refractivity contribution in [2.24, 2.45) is 0 Å². The van der Waals surface area contributed by atoms with Crippen molar-refractivity contribution in [3.8, 4) is 0 Å². The zero-order valence-electron chi connectivity index (χ0n) is 11.0. The maximum atomic E-state index is 11.4. The summed E-state index contributed by atoms with van der Waals surface area (Å²) < 4.78 is 0.